The summed E-state index contributed by atoms with van der Waals surface area (Å²) in [7, 11) is 0. The van der Waals surface area contributed by atoms with E-state index in [0.29, 0.717) is 30.7 Å². The molecule has 0 spiro atoms. The van der Waals surface area contributed by atoms with E-state index in [1.54, 1.807) is 6.07 Å². The fourth-order valence-corrected chi connectivity index (χ4v) is 4.36. The van der Waals surface area contributed by atoms with Crippen LogP contribution in [0.4, 0.5) is 0 Å². The number of carbonyl (C=O) groups excluding carboxylic acids is 1. The molecule has 1 amide bonds. The molecule has 1 unspecified atom stereocenters. The molecule has 35 heavy (non-hydrogen) atoms. The highest BCUT2D eigenvalue weighted by Crippen LogP contribution is 2.27. The van der Waals surface area contributed by atoms with Gasteiger partial charge in [-0.2, -0.15) is 0 Å². The third-order valence-electron chi connectivity index (χ3n) is 6.53. The Bertz CT molecular complexity index is 1210. The SMILES string of the molecule is CCc1ccc2oc(C(=O)NCC(c3ccc(C(C)(C)C)cc3)N3CCOCC3)cc(=O)c2c1.Cl. The van der Waals surface area contributed by atoms with E-state index in [1.807, 2.05) is 19.1 Å². The molecule has 1 saturated heterocycles. The van der Waals surface area contributed by atoms with Crippen LogP contribution in [0.3, 0.4) is 0 Å². The normalized spacial score (nSPS) is 15.4. The van der Waals surface area contributed by atoms with Crippen molar-refractivity contribution in [3.8, 4) is 0 Å². The predicted molar refractivity (Wildman–Crippen MR) is 142 cm³/mol. The third-order valence-corrected chi connectivity index (χ3v) is 6.53. The molecule has 2 heterocycles. The molecule has 0 aliphatic carbocycles. The maximum absolute atomic E-state index is 13.0. The summed E-state index contributed by atoms with van der Waals surface area (Å²) in [6, 6.07) is 15.4. The van der Waals surface area contributed by atoms with Crippen LogP contribution in [-0.2, 0) is 16.6 Å². The van der Waals surface area contributed by atoms with Crippen molar-refractivity contribution in [2.24, 2.45) is 0 Å². The Balaban J connectivity index is 0.00000342. The van der Waals surface area contributed by atoms with Crippen LogP contribution in [0, 0.1) is 0 Å². The lowest BCUT2D eigenvalue weighted by Gasteiger charge is -2.35. The maximum atomic E-state index is 13.0. The molecule has 4 rings (SSSR count). The van der Waals surface area contributed by atoms with Crippen molar-refractivity contribution in [1.29, 1.82) is 0 Å². The van der Waals surface area contributed by atoms with Gasteiger partial charge < -0.3 is 14.5 Å². The summed E-state index contributed by atoms with van der Waals surface area (Å²) in [6.07, 6.45) is 0.831. The molecule has 188 valence electrons. The number of benzene rings is 2. The lowest BCUT2D eigenvalue weighted by Crippen LogP contribution is -2.43. The van der Waals surface area contributed by atoms with Gasteiger partial charge in [0.25, 0.3) is 5.91 Å². The molecular formula is C28H35ClN2O4. The third kappa shape index (κ3) is 6.31. The Morgan fingerprint density at radius 2 is 1.74 bits per heavy atom. The lowest BCUT2D eigenvalue weighted by molar-refractivity contribution is 0.0161. The Kier molecular flexibility index (Phi) is 8.75. The van der Waals surface area contributed by atoms with E-state index in [-0.39, 0.29) is 41.0 Å². The Morgan fingerprint density at radius 3 is 2.37 bits per heavy atom. The van der Waals surface area contributed by atoms with Gasteiger partial charge in [0.05, 0.1) is 24.6 Å². The van der Waals surface area contributed by atoms with Crippen LogP contribution in [-0.4, -0.2) is 43.7 Å². The Morgan fingerprint density at radius 1 is 1.06 bits per heavy atom. The first-order valence-electron chi connectivity index (χ1n) is 12.0. The average molecular weight is 499 g/mol. The summed E-state index contributed by atoms with van der Waals surface area (Å²) in [6.45, 7) is 12.0. The summed E-state index contributed by atoms with van der Waals surface area (Å²) < 4.78 is 11.3. The standard InChI is InChI=1S/C28H34N2O4.ClH/c1-5-19-6-11-25-22(16-19)24(31)17-26(34-25)27(32)29-18-23(30-12-14-33-15-13-30)20-7-9-21(10-8-20)28(2,3)4;/h6-11,16-17,23H,5,12-15,18H2,1-4H3,(H,29,32);1H. The highest BCUT2D eigenvalue weighted by Gasteiger charge is 2.25. The summed E-state index contributed by atoms with van der Waals surface area (Å²) in [5, 5.41) is 3.50. The molecule has 2 aromatic carbocycles. The minimum absolute atomic E-state index is 0. The largest absolute Gasteiger partial charge is 0.451 e. The van der Waals surface area contributed by atoms with Gasteiger partial charge in [-0.3, -0.25) is 14.5 Å². The number of fused-ring (bicyclic) bond motifs is 1. The fraction of sp³-hybridized carbons (Fsp3) is 0.429. The van der Waals surface area contributed by atoms with Gasteiger partial charge in [-0.25, -0.2) is 0 Å². The molecule has 1 fully saturated rings. The molecule has 0 radical (unpaired) electrons. The molecule has 1 aliphatic rings. The van der Waals surface area contributed by atoms with Crippen LogP contribution in [0.5, 0.6) is 0 Å². The summed E-state index contributed by atoms with van der Waals surface area (Å²) >= 11 is 0. The van der Waals surface area contributed by atoms with Crippen molar-refractivity contribution in [3.63, 3.8) is 0 Å². The van der Waals surface area contributed by atoms with Crippen LogP contribution in [0.15, 0.2) is 57.7 Å². The summed E-state index contributed by atoms with van der Waals surface area (Å²) in [5.41, 5.74) is 3.77. The molecule has 0 saturated carbocycles. The van der Waals surface area contributed by atoms with Gasteiger partial charge in [-0.05, 0) is 40.7 Å². The number of hydrogen-bond donors (Lipinski definition) is 1. The van der Waals surface area contributed by atoms with Gasteiger partial charge in [0, 0.05) is 25.7 Å². The molecule has 0 bridgehead atoms. The topological polar surface area (TPSA) is 71.8 Å². The smallest absolute Gasteiger partial charge is 0.287 e. The first kappa shape index (κ1) is 26.9. The minimum atomic E-state index is -0.386. The van der Waals surface area contributed by atoms with Gasteiger partial charge in [0.2, 0.25) is 0 Å². The molecule has 7 heteroatoms. The van der Waals surface area contributed by atoms with E-state index in [4.69, 9.17) is 9.15 Å². The maximum Gasteiger partial charge on any atom is 0.287 e. The number of halogens is 1. The van der Waals surface area contributed by atoms with Crippen molar-refractivity contribution in [2.75, 3.05) is 32.8 Å². The molecular weight excluding hydrogens is 464 g/mol. The van der Waals surface area contributed by atoms with Crippen LogP contribution in [0.2, 0.25) is 0 Å². The van der Waals surface area contributed by atoms with E-state index in [0.717, 1.165) is 30.6 Å². The van der Waals surface area contributed by atoms with Gasteiger partial charge in [-0.1, -0.05) is 58.0 Å². The number of carbonyl (C=O) groups is 1. The van der Waals surface area contributed by atoms with Crippen LogP contribution in [0.1, 0.15) is 61.0 Å². The molecule has 1 atom stereocenters. The zero-order valence-corrected chi connectivity index (χ0v) is 21.7. The highest BCUT2D eigenvalue weighted by atomic mass is 35.5. The first-order chi connectivity index (χ1) is 16.3. The second-order valence-corrected chi connectivity index (χ2v) is 9.91. The second-order valence-electron chi connectivity index (χ2n) is 9.91. The highest BCUT2D eigenvalue weighted by molar-refractivity contribution is 5.93. The quantitative estimate of drug-likeness (QED) is 0.524. The summed E-state index contributed by atoms with van der Waals surface area (Å²) in [5.74, 6) is -0.353. The van der Waals surface area contributed by atoms with E-state index >= 15 is 0 Å². The average Bonchev–Trinajstić information content (AvgIpc) is 2.84. The number of amides is 1. The Labute approximate surface area is 213 Å². The molecule has 3 aromatic rings. The zero-order valence-electron chi connectivity index (χ0n) is 20.9. The molecule has 6 nitrogen and oxygen atoms in total. The van der Waals surface area contributed by atoms with Crippen molar-refractivity contribution < 1.29 is 13.9 Å². The number of morpholine rings is 1. The van der Waals surface area contributed by atoms with Gasteiger partial charge in [0.1, 0.15) is 5.58 Å². The number of rotatable bonds is 6. The summed E-state index contributed by atoms with van der Waals surface area (Å²) in [4.78, 5) is 27.9. The van der Waals surface area contributed by atoms with E-state index in [2.05, 4.69) is 55.3 Å². The van der Waals surface area contributed by atoms with Crippen LogP contribution in [0.25, 0.3) is 11.0 Å². The zero-order chi connectivity index (χ0) is 24.3. The molecule has 1 aromatic heterocycles. The van der Waals surface area contributed by atoms with E-state index < -0.39 is 0 Å². The molecule has 1 aliphatic heterocycles. The van der Waals surface area contributed by atoms with Crippen molar-refractivity contribution in [2.45, 2.75) is 45.6 Å². The van der Waals surface area contributed by atoms with E-state index in [1.165, 1.54) is 11.6 Å². The lowest BCUT2D eigenvalue weighted by atomic mass is 9.86. The predicted octanol–water partition coefficient (Wildman–Crippen LogP) is 4.88. The number of hydrogen-bond acceptors (Lipinski definition) is 5. The Hall–Kier alpha value is -2.67. The minimum Gasteiger partial charge on any atom is -0.451 e. The van der Waals surface area contributed by atoms with Gasteiger partial charge in [-0.15, -0.1) is 12.4 Å². The second kappa shape index (κ2) is 11.4. The van der Waals surface area contributed by atoms with Crippen LogP contribution < -0.4 is 10.7 Å². The van der Waals surface area contributed by atoms with Gasteiger partial charge in [0.15, 0.2) is 11.2 Å². The van der Waals surface area contributed by atoms with Crippen molar-refractivity contribution in [3.05, 3.63) is 81.2 Å². The number of nitrogens with one attached hydrogen (secondary N) is 1. The van der Waals surface area contributed by atoms with E-state index in [9.17, 15) is 9.59 Å². The molecule has 1 N–H and O–H groups in total. The monoisotopic (exact) mass is 498 g/mol. The fourth-order valence-electron chi connectivity index (χ4n) is 4.36. The van der Waals surface area contributed by atoms with Crippen molar-refractivity contribution >= 4 is 29.3 Å². The number of aryl methyl sites for hydroxylation is 1. The van der Waals surface area contributed by atoms with Crippen molar-refractivity contribution in [1.82, 2.24) is 10.2 Å². The number of ether oxygens (including phenoxy) is 1. The van der Waals surface area contributed by atoms with Crippen LogP contribution >= 0.6 is 12.4 Å². The van der Waals surface area contributed by atoms with Gasteiger partial charge >= 0.3 is 0 Å². The number of nitrogens with zero attached hydrogens (tertiary/aromatic N) is 1. The first-order valence-corrected chi connectivity index (χ1v) is 12.0.